The highest BCUT2D eigenvalue weighted by atomic mass is 16.1. The summed E-state index contributed by atoms with van der Waals surface area (Å²) in [4.78, 5) is 21.4. The quantitative estimate of drug-likeness (QED) is 0.540. The van der Waals surface area contributed by atoms with E-state index in [9.17, 15) is 10.1 Å². The molecule has 4 rings (SSSR count). The molecule has 2 heterocycles. The van der Waals surface area contributed by atoms with Gasteiger partial charge in [-0.2, -0.15) is 10.5 Å². The molecule has 7 nitrogen and oxygen atoms in total. The van der Waals surface area contributed by atoms with E-state index in [-0.39, 0.29) is 11.5 Å². The van der Waals surface area contributed by atoms with Gasteiger partial charge in [-0.3, -0.25) is 4.79 Å². The Kier molecular flexibility index (Phi) is 5.48. The number of aromatic nitrogens is 3. The molecule has 32 heavy (non-hydrogen) atoms. The van der Waals surface area contributed by atoms with Crippen molar-refractivity contribution >= 4 is 5.95 Å². The van der Waals surface area contributed by atoms with Gasteiger partial charge in [0.25, 0.3) is 5.56 Å². The normalized spacial score (nSPS) is 10.3. The van der Waals surface area contributed by atoms with Crippen LogP contribution in [0.2, 0.25) is 0 Å². The lowest BCUT2D eigenvalue weighted by atomic mass is 9.99. The highest BCUT2D eigenvalue weighted by molar-refractivity contribution is 5.72. The fourth-order valence-corrected chi connectivity index (χ4v) is 3.52. The summed E-state index contributed by atoms with van der Waals surface area (Å²) in [6.07, 6.45) is 1.69. The van der Waals surface area contributed by atoms with Gasteiger partial charge in [-0.15, -0.1) is 0 Å². The molecule has 0 bridgehead atoms. The van der Waals surface area contributed by atoms with Crippen LogP contribution in [0.1, 0.15) is 22.3 Å². The van der Waals surface area contributed by atoms with Gasteiger partial charge in [0.1, 0.15) is 0 Å². The van der Waals surface area contributed by atoms with Gasteiger partial charge in [0.05, 0.1) is 41.2 Å². The van der Waals surface area contributed by atoms with Crippen molar-refractivity contribution in [3.05, 3.63) is 99.5 Å². The van der Waals surface area contributed by atoms with E-state index in [0.29, 0.717) is 34.6 Å². The fraction of sp³-hybridized carbons (Fsp3) is 0.0800. The maximum atomic E-state index is 12.7. The topological polar surface area (TPSA) is 121 Å². The number of nitrogens with two attached hydrogens (primary N) is 1. The Bertz CT molecular complexity index is 1470. The minimum Gasteiger partial charge on any atom is -0.368 e. The molecule has 0 aliphatic carbocycles. The lowest BCUT2D eigenvalue weighted by Gasteiger charge is -2.11. The summed E-state index contributed by atoms with van der Waals surface area (Å²) in [6.45, 7) is 2.21. The molecule has 4 aromatic rings. The second-order valence-corrected chi connectivity index (χ2v) is 7.28. The molecule has 7 heteroatoms. The summed E-state index contributed by atoms with van der Waals surface area (Å²) in [5.74, 6) is 0.0803. The summed E-state index contributed by atoms with van der Waals surface area (Å²) in [5, 5.41) is 18.4. The Hall–Kier alpha value is -4.75. The third-order valence-corrected chi connectivity index (χ3v) is 5.17. The SMILES string of the molecule is Cc1c(C#N)cccc1-c1cc(-c2ccn(Cc3cccc(C#N)c3)c(=O)c2)nc(N)n1. The van der Waals surface area contributed by atoms with Crippen molar-refractivity contribution in [3.63, 3.8) is 0 Å². The molecule has 0 amide bonds. The minimum absolute atomic E-state index is 0.0803. The van der Waals surface area contributed by atoms with E-state index in [0.717, 1.165) is 16.7 Å². The van der Waals surface area contributed by atoms with Crippen molar-refractivity contribution in [3.8, 4) is 34.7 Å². The molecule has 0 aliphatic heterocycles. The van der Waals surface area contributed by atoms with E-state index >= 15 is 0 Å². The van der Waals surface area contributed by atoms with E-state index in [2.05, 4.69) is 22.1 Å². The molecule has 154 valence electrons. The number of benzene rings is 2. The van der Waals surface area contributed by atoms with Crippen molar-refractivity contribution < 1.29 is 0 Å². The third kappa shape index (κ3) is 4.09. The van der Waals surface area contributed by atoms with Crippen LogP contribution in [0.3, 0.4) is 0 Å². The predicted molar refractivity (Wildman–Crippen MR) is 121 cm³/mol. The number of anilines is 1. The standard InChI is InChI=1S/C25H18N6O/c1-16-20(14-27)6-3-7-21(16)23-12-22(29-25(28)30-23)19-8-9-31(24(32)11-19)15-18-5-2-4-17(10-18)13-26/h2-12H,15H2,1H3,(H2,28,29,30). The van der Waals surface area contributed by atoms with E-state index in [1.807, 2.05) is 19.1 Å². The van der Waals surface area contributed by atoms with Crippen molar-refractivity contribution in [2.24, 2.45) is 0 Å². The molecule has 2 N–H and O–H groups in total. The Balaban J connectivity index is 1.71. The largest absolute Gasteiger partial charge is 0.368 e. The minimum atomic E-state index is -0.203. The summed E-state index contributed by atoms with van der Waals surface area (Å²) in [7, 11) is 0. The first kappa shape index (κ1) is 20.5. The lowest BCUT2D eigenvalue weighted by molar-refractivity contribution is 0.760. The van der Waals surface area contributed by atoms with Gasteiger partial charge in [0.2, 0.25) is 5.95 Å². The van der Waals surface area contributed by atoms with Crippen molar-refractivity contribution in [1.29, 1.82) is 10.5 Å². The van der Waals surface area contributed by atoms with Crippen LogP contribution in [0, 0.1) is 29.6 Å². The monoisotopic (exact) mass is 418 g/mol. The Morgan fingerprint density at radius 2 is 1.75 bits per heavy atom. The van der Waals surface area contributed by atoms with E-state index in [1.54, 1.807) is 53.2 Å². The first-order chi connectivity index (χ1) is 15.5. The van der Waals surface area contributed by atoms with Crippen LogP contribution in [0.4, 0.5) is 5.95 Å². The molecule has 2 aromatic heterocycles. The van der Waals surface area contributed by atoms with Crippen LogP contribution in [0.25, 0.3) is 22.5 Å². The molecule has 0 unspecified atom stereocenters. The maximum absolute atomic E-state index is 12.7. The van der Waals surface area contributed by atoms with Gasteiger partial charge < -0.3 is 10.3 Å². The number of pyridine rings is 1. The second-order valence-electron chi connectivity index (χ2n) is 7.28. The van der Waals surface area contributed by atoms with Gasteiger partial charge in [0, 0.05) is 23.4 Å². The molecule has 0 fully saturated rings. The summed E-state index contributed by atoms with van der Waals surface area (Å²) >= 11 is 0. The lowest BCUT2D eigenvalue weighted by Crippen LogP contribution is -2.19. The first-order valence-corrected chi connectivity index (χ1v) is 9.83. The number of hydrogen-bond donors (Lipinski definition) is 1. The maximum Gasteiger partial charge on any atom is 0.251 e. The Labute approximate surface area is 184 Å². The Morgan fingerprint density at radius 1 is 0.969 bits per heavy atom. The van der Waals surface area contributed by atoms with Crippen LogP contribution < -0.4 is 11.3 Å². The van der Waals surface area contributed by atoms with E-state index < -0.39 is 0 Å². The van der Waals surface area contributed by atoms with Gasteiger partial charge in [0.15, 0.2) is 0 Å². The number of hydrogen-bond acceptors (Lipinski definition) is 6. The molecule has 0 saturated heterocycles. The molecule has 0 aliphatic rings. The molecule has 0 atom stereocenters. The van der Waals surface area contributed by atoms with Gasteiger partial charge in [-0.25, -0.2) is 9.97 Å². The number of nitriles is 2. The van der Waals surface area contributed by atoms with Gasteiger partial charge >= 0.3 is 0 Å². The summed E-state index contributed by atoms with van der Waals surface area (Å²) in [5.41, 5.74) is 11.0. The van der Waals surface area contributed by atoms with Crippen LogP contribution in [-0.2, 0) is 6.54 Å². The van der Waals surface area contributed by atoms with Crippen LogP contribution >= 0.6 is 0 Å². The zero-order valence-electron chi connectivity index (χ0n) is 17.3. The van der Waals surface area contributed by atoms with Crippen molar-refractivity contribution in [2.45, 2.75) is 13.5 Å². The number of nitrogen functional groups attached to an aromatic ring is 1. The highest BCUT2D eigenvalue weighted by Gasteiger charge is 2.12. The Morgan fingerprint density at radius 3 is 2.50 bits per heavy atom. The van der Waals surface area contributed by atoms with E-state index in [4.69, 9.17) is 11.0 Å². The molecular formula is C25H18N6O. The van der Waals surface area contributed by atoms with E-state index in [1.165, 1.54) is 6.07 Å². The molecule has 0 radical (unpaired) electrons. The van der Waals surface area contributed by atoms with Crippen LogP contribution in [0.15, 0.2) is 71.7 Å². The smallest absolute Gasteiger partial charge is 0.251 e. The van der Waals surface area contributed by atoms with Crippen molar-refractivity contribution in [1.82, 2.24) is 14.5 Å². The predicted octanol–water partition coefficient (Wildman–Crippen LogP) is 3.65. The zero-order valence-corrected chi connectivity index (χ0v) is 17.3. The first-order valence-electron chi connectivity index (χ1n) is 9.83. The average molecular weight is 418 g/mol. The average Bonchev–Trinajstić information content (AvgIpc) is 2.80. The fourth-order valence-electron chi connectivity index (χ4n) is 3.52. The zero-order chi connectivity index (χ0) is 22.7. The van der Waals surface area contributed by atoms with Crippen LogP contribution in [-0.4, -0.2) is 14.5 Å². The molecular weight excluding hydrogens is 400 g/mol. The molecule has 2 aromatic carbocycles. The van der Waals surface area contributed by atoms with Gasteiger partial charge in [-0.1, -0.05) is 24.3 Å². The van der Waals surface area contributed by atoms with Crippen molar-refractivity contribution in [2.75, 3.05) is 5.73 Å². The highest BCUT2D eigenvalue weighted by Crippen LogP contribution is 2.27. The number of nitrogens with zero attached hydrogens (tertiary/aromatic N) is 5. The van der Waals surface area contributed by atoms with Crippen LogP contribution in [0.5, 0.6) is 0 Å². The second kappa shape index (κ2) is 8.55. The number of rotatable bonds is 4. The third-order valence-electron chi connectivity index (χ3n) is 5.17. The summed E-state index contributed by atoms with van der Waals surface area (Å²) < 4.78 is 1.56. The molecule has 0 spiro atoms. The summed E-state index contributed by atoms with van der Waals surface area (Å²) in [6, 6.07) is 21.9. The molecule has 0 saturated carbocycles. The van der Waals surface area contributed by atoms with Gasteiger partial charge in [-0.05, 0) is 48.4 Å².